The van der Waals surface area contributed by atoms with Crippen LogP contribution in [0, 0.1) is 0 Å². The maximum Gasteiger partial charge on any atom is 0.231 e. The third-order valence-electron chi connectivity index (χ3n) is 3.14. The predicted molar refractivity (Wildman–Crippen MR) is 78.1 cm³/mol. The van der Waals surface area contributed by atoms with Crippen LogP contribution in [-0.2, 0) is 4.79 Å². The average Bonchev–Trinajstić information content (AvgIpc) is 2.48. The van der Waals surface area contributed by atoms with Crippen molar-refractivity contribution in [2.45, 2.75) is 12.8 Å². The van der Waals surface area contributed by atoms with Crippen LogP contribution in [0.1, 0.15) is 18.4 Å². The molecule has 20 heavy (non-hydrogen) atoms. The number of nitrogens with one attached hydrogen (secondary N) is 1. The number of hydrogen-bond donors (Lipinski definition) is 2. The van der Waals surface area contributed by atoms with Gasteiger partial charge in [-0.3, -0.25) is 4.79 Å². The Morgan fingerprint density at radius 1 is 1.10 bits per heavy atom. The van der Waals surface area contributed by atoms with Crippen molar-refractivity contribution in [3.8, 4) is 11.5 Å². The Balaban J connectivity index is 2.05. The molecule has 4 heteroatoms. The summed E-state index contributed by atoms with van der Waals surface area (Å²) in [6, 6.07) is 13.8. The van der Waals surface area contributed by atoms with Crippen molar-refractivity contribution in [3.05, 3.63) is 54.1 Å². The van der Waals surface area contributed by atoms with Gasteiger partial charge in [0.15, 0.2) is 0 Å². The molecular formula is C16H17NO3. The highest BCUT2D eigenvalue weighted by atomic mass is 16.5. The standard InChI is InChI=1S/C16H17NO3/c1-11(12-3-7-14(18)8-4-12)16(19)17-13-5-9-15(20-2)10-6-13/h3-11,18H,1-2H3,(H,17,19)/t11-/m0/s1. The van der Waals surface area contributed by atoms with Gasteiger partial charge in [-0.15, -0.1) is 0 Å². The van der Waals surface area contributed by atoms with E-state index in [0.717, 1.165) is 17.0 Å². The highest BCUT2D eigenvalue weighted by Crippen LogP contribution is 2.21. The number of anilines is 1. The van der Waals surface area contributed by atoms with Crippen LogP contribution in [0.5, 0.6) is 11.5 Å². The number of amides is 1. The number of aromatic hydroxyl groups is 1. The quantitative estimate of drug-likeness (QED) is 0.898. The van der Waals surface area contributed by atoms with E-state index in [0.29, 0.717) is 0 Å². The zero-order valence-corrected chi connectivity index (χ0v) is 11.5. The van der Waals surface area contributed by atoms with Gasteiger partial charge in [0.05, 0.1) is 13.0 Å². The normalized spacial score (nSPS) is 11.7. The Morgan fingerprint density at radius 2 is 1.70 bits per heavy atom. The van der Waals surface area contributed by atoms with E-state index >= 15 is 0 Å². The number of carbonyl (C=O) groups is 1. The first-order valence-electron chi connectivity index (χ1n) is 6.34. The lowest BCUT2D eigenvalue weighted by atomic mass is 10.0. The van der Waals surface area contributed by atoms with E-state index in [2.05, 4.69) is 5.32 Å². The molecule has 0 aromatic heterocycles. The van der Waals surface area contributed by atoms with Crippen molar-refractivity contribution in [2.24, 2.45) is 0 Å². The summed E-state index contributed by atoms with van der Waals surface area (Å²) in [6.45, 7) is 1.82. The first kappa shape index (κ1) is 13.9. The van der Waals surface area contributed by atoms with Gasteiger partial charge in [0.2, 0.25) is 5.91 Å². The molecule has 0 saturated carbocycles. The lowest BCUT2D eigenvalue weighted by Crippen LogP contribution is -2.18. The molecule has 4 nitrogen and oxygen atoms in total. The summed E-state index contributed by atoms with van der Waals surface area (Å²) in [5, 5.41) is 12.1. The summed E-state index contributed by atoms with van der Waals surface area (Å²) in [5.74, 6) is 0.546. The van der Waals surface area contributed by atoms with Crippen LogP contribution in [0.3, 0.4) is 0 Å². The Labute approximate surface area is 118 Å². The number of methoxy groups -OCH3 is 1. The average molecular weight is 271 g/mol. The molecule has 0 aliphatic rings. The van der Waals surface area contributed by atoms with Crippen molar-refractivity contribution >= 4 is 11.6 Å². The second-order valence-corrected chi connectivity index (χ2v) is 4.53. The molecule has 0 fully saturated rings. The van der Waals surface area contributed by atoms with Gasteiger partial charge < -0.3 is 15.2 Å². The third kappa shape index (κ3) is 3.29. The fourth-order valence-corrected chi connectivity index (χ4v) is 1.84. The second kappa shape index (κ2) is 6.10. The van der Waals surface area contributed by atoms with Crippen LogP contribution in [0.15, 0.2) is 48.5 Å². The molecule has 2 rings (SSSR count). The minimum absolute atomic E-state index is 0.0964. The summed E-state index contributed by atoms with van der Waals surface area (Å²) >= 11 is 0. The number of phenols is 1. The number of rotatable bonds is 4. The van der Waals surface area contributed by atoms with Crippen molar-refractivity contribution in [2.75, 3.05) is 12.4 Å². The van der Waals surface area contributed by atoms with Crippen LogP contribution in [0.4, 0.5) is 5.69 Å². The van der Waals surface area contributed by atoms with Gasteiger partial charge in [0, 0.05) is 5.69 Å². The first-order valence-corrected chi connectivity index (χ1v) is 6.34. The van der Waals surface area contributed by atoms with E-state index in [1.54, 1.807) is 55.6 Å². The van der Waals surface area contributed by atoms with E-state index in [1.807, 2.05) is 6.92 Å². The van der Waals surface area contributed by atoms with Crippen molar-refractivity contribution < 1.29 is 14.6 Å². The fourth-order valence-electron chi connectivity index (χ4n) is 1.84. The van der Waals surface area contributed by atoms with Gasteiger partial charge in [-0.05, 0) is 48.9 Å². The van der Waals surface area contributed by atoms with Crippen molar-refractivity contribution in [1.82, 2.24) is 0 Å². The minimum Gasteiger partial charge on any atom is -0.508 e. The van der Waals surface area contributed by atoms with Gasteiger partial charge in [-0.25, -0.2) is 0 Å². The zero-order valence-electron chi connectivity index (χ0n) is 11.5. The van der Waals surface area contributed by atoms with E-state index in [4.69, 9.17) is 4.74 Å². The van der Waals surface area contributed by atoms with Gasteiger partial charge in [-0.2, -0.15) is 0 Å². The maximum atomic E-state index is 12.1. The molecule has 2 aromatic carbocycles. The molecule has 0 aliphatic heterocycles. The summed E-state index contributed by atoms with van der Waals surface area (Å²) in [6.07, 6.45) is 0. The van der Waals surface area contributed by atoms with E-state index < -0.39 is 0 Å². The van der Waals surface area contributed by atoms with Gasteiger partial charge in [0.1, 0.15) is 11.5 Å². The molecule has 0 radical (unpaired) electrons. The van der Waals surface area contributed by atoms with E-state index in [-0.39, 0.29) is 17.6 Å². The molecule has 0 aliphatic carbocycles. The number of carbonyl (C=O) groups excluding carboxylic acids is 1. The Bertz CT molecular complexity index is 576. The van der Waals surface area contributed by atoms with Crippen LogP contribution >= 0.6 is 0 Å². The number of hydrogen-bond acceptors (Lipinski definition) is 3. The maximum absolute atomic E-state index is 12.1. The minimum atomic E-state index is -0.294. The number of ether oxygens (including phenoxy) is 1. The highest BCUT2D eigenvalue weighted by molar-refractivity contribution is 5.95. The summed E-state index contributed by atoms with van der Waals surface area (Å²) in [5.41, 5.74) is 1.58. The molecular weight excluding hydrogens is 254 g/mol. The van der Waals surface area contributed by atoms with Crippen molar-refractivity contribution in [3.63, 3.8) is 0 Å². The molecule has 0 heterocycles. The fraction of sp³-hybridized carbons (Fsp3) is 0.188. The molecule has 1 atom stereocenters. The monoisotopic (exact) mass is 271 g/mol. The molecule has 0 bridgehead atoms. The largest absolute Gasteiger partial charge is 0.508 e. The van der Waals surface area contributed by atoms with E-state index in [1.165, 1.54) is 0 Å². The molecule has 2 aromatic rings. The Hall–Kier alpha value is -2.49. The van der Waals surface area contributed by atoms with Gasteiger partial charge in [0.25, 0.3) is 0 Å². The van der Waals surface area contributed by atoms with Crippen LogP contribution < -0.4 is 10.1 Å². The second-order valence-electron chi connectivity index (χ2n) is 4.53. The zero-order chi connectivity index (χ0) is 14.5. The van der Waals surface area contributed by atoms with E-state index in [9.17, 15) is 9.90 Å². The van der Waals surface area contributed by atoms with Gasteiger partial charge in [-0.1, -0.05) is 12.1 Å². The highest BCUT2D eigenvalue weighted by Gasteiger charge is 2.15. The van der Waals surface area contributed by atoms with Crippen molar-refractivity contribution in [1.29, 1.82) is 0 Å². The number of benzene rings is 2. The lowest BCUT2D eigenvalue weighted by Gasteiger charge is -2.13. The number of phenolic OH excluding ortho intramolecular Hbond substituents is 1. The van der Waals surface area contributed by atoms with Crippen LogP contribution in [-0.4, -0.2) is 18.1 Å². The smallest absolute Gasteiger partial charge is 0.231 e. The predicted octanol–water partition coefficient (Wildman–Crippen LogP) is 3.14. The molecule has 0 unspecified atom stereocenters. The molecule has 2 N–H and O–H groups in total. The van der Waals surface area contributed by atoms with Crippen LogP contribution in [0.25, 0.3) is 0 Å². The Morgan fingerprint density at radius 3 is 2.25 bits per heavy atom. The van der Waals surface area contributed by atoms with Gasteiger partial charge >= 0.3 is 0 Å². The molecule has 0 saturated heterocycles. The summed E-state index contributed by atoms with van der Waals surface area (Å²) in [4.78, 5) is 12.1. The van der Waals surface area contributed by atoms with Crippen LogP contribution in [0.2, 0.25) is 0 Å². The summed E-state index contributed by atoms with van der Waals surface area (Å²) < 4.78 is 5.07. The third-order valence-corrected chi connectivity index (χ3v) is 3.14. The summed E-state index contributed by atoms with van der Waals surface area (Å²) in [7, 11) is 1.60. The first-order chi connectivity index (χ1) is 9.60. The lowest BCUT2D eigenvalue weighted by molar-refractivity contribution is -0.117. The topological polar surface area (TPSA) is 58.6 Å². The molecule has 0 spiro atoms. The molecule has 1 amide bonds. The Kier molecular flexibility index (Phi) is 4.25. The SMILES string of the molecule is COc1ccc(NC(=O)[C@@H](C)c2ccc(O)cc2)cc1. The molecule has 104 valence electrons.